The Labute approximate surface area is 126 Å². The Morgan fingerprint density at radius 3 is 2.35 bits per heavy atom. The van der Waals surface area contributed by atoms with E-state index < -0.39 is 8.07 Å². The van der Waals surface area contributed by atoms with Crippen LogP contribution in [0.15, 0.2) is 17.4 Å². The van der Waals surface area contributed by atoms with Gasteiger partial charge in [-0.25, -0.2) is 4.79 Å². The van der Waals surface area contributed by atoms with Crippen molar-refractivity contribution >= 4 is 14.0 Å². The summed E-state index contributed by atoms with van der Waals surface area (Å²) in [5.74, 6) is -0.170. The Kier molecular flexibility index (Phi) is 10.5. The molecule has 0 N–H and O–H groups in total. The summed E-state index contributed by atoms with van der Waals surface area (Å²) in [7, 11) is -1.13. The Morgan fingerprint density at radius 1 is 1.15 bits per heavy atom. The van der Waals surface area contributed by atoms with Gasteiger partial charge in [0, 0.05) is 8.07 Å². The first-order valence-corrected chi connectivity index (χ1v) is 11.7. The van der Waals surface area contributed by atoms with Crippen molar-refractivity contribution in [3.05, 3.63) is 17.4 Å². The molecular weight excluding hydrogens is 264 g/mol. The number of unbranched alkanes of at least 4 members (excludes halogenated alkanes) is 4. The van der Waals surface area contributed by atoms with Crippen molar-refractivity contribution < 1.29 is 9.53 Å². The van der Waals surface area contributed by atoms with E-state index in [1.165, 1.54) is 25.7 Å². The average molecular weight is 297 g/mol. The van der Waals surface area contributed by atoms with Crippen molar-refractivity contribution in [1.29, 1.82) is 0 Å². The summed E-state index contributed by atoms with van der Waals surface area (Å²) in [6.07, 6.45) is 8.62. The van der Waals surface area contributed by atoms with E-state index >= 15 is 0 Å². The molecular formula is C17H32O2Si. The van der Waals surface area contributed by atoms with E-state index in [2.05, 4.69) is 32.3 Å². The lowest BCUT2D eigenvalue weighted by Crippen LogP contribution is -2.23. The summed E-state index contributed by atoms with van der Waals surface area (Å²) in [6.45, 7) is 11.5. The molecule has 0 heterocycles. The lowest BCUT2D eigenvalue weighted by Gasteiger charge is -2.15. The van der Waals surface area contributed by atoms with Crippen LogP contribution in [0.3, 0.4) is 0 Å². The van der Waals surface area contributed by atoms with E-state index in [0.29, 0.717) is 12.2 Å². The van der Waals surface area contributed by atoms with Gasteiger partial charge in [-0.2, -0.15) is 0 Å². The number of carbonyl (C=O) groups is 1. The third kappa shape index (κ3) is 11.1. The Balaban J connectivity index is 4.12. The van der Waals surface area contributed by atoms with Gasteiger partial charge in [0.05, 0.1) is 12.2 Å². The molecule has 0 fully saturated rings. The van der Waals surface area contributed by atoms with Gasteiger partial charge in [-0.3, -0.25) is 0 Å². The van der Waals surface area contributed by atoms with Crippen LogP contribution in [-0.4, -0.2) is 20.7 Å². The largest absolute Gasteiger partial charge is 0.462 e. The topological polar surface area (TPSA) is 26.3 Å². The molecule has 0 saturated carbocycles. The second-order valence-electron chi connectivity index (χ2n) is 6.52. The fourth-order valence-electron chi connectivity index (χ4n) is 1.85. The summed E-state index contributed by atoms with van der Waals surface area (Å²) < 4.78 is 5.39. The monoisotopic (exact) mass is 296 g/mol. The van der Waals surface area contributed by atoms with Gasteiger partial charge in [-0.15, -0.1) is 5.73 Å². The minimum atomic E-state index is -1.13. The second kappa shape index (κ2) is 10.9. The van der Waals surface area contributed by atoms with Gasteiger partial charge in [0.25, 0.3) is 0 Å². The minimum absolute atomic E-state index is 0.170. The highest BCUT2D eigenvalue weighted by molar-refractivity contribution is 6.76. The van der Waals surface area contributed by atoms with Crippen molar-refractivity contribution in [2.75, 3.05) is 6.61 Å². The van der Waals surface area contributed by atoms with Crippen molar-refractivity contribution in [2.24, 2.45) is 0 Å². The molecule has 20 heavy (non-hydrogen) atoms. The zero-order chi connectivity index (χ0) is 15.4. The number of rotatable bonds is 10. The van der Waals surface area contributed by atoms with Crippen molar-refractivity contribution in [2.45, 2.75) is 78.1 Å². The lowest BCUT2D eigenvalue weighted by molar-refractivity contribution is -0.138. The molecule has 0 aliphatic rings. The average Bonchev–Trinajstić information content (AvgIpc) is 2.35. The number of carbonyl (C=O) groups excluding carboxylic acids is 1. The highest BCUT2D eigenvalue weighted by atomic mass is 28.3. The number of esters is 1. The summed E-state index contributed by atoms with van der Waals surface area (Å²) in [5.41, 5.74) is 3.76. The second-order valence-corrected chi connectivity index (χ2v) is 12.1. The van der Waals surface area contributed by atoms with Crippen molar-refractivity contribution in [3.8, 4) is 0 Å². The van der Waals surface area contributed by atoms with E-state index in [0.717, 1.165) is 18.9 Å². The smallest absolute Gasteiger partial charge is 0.341 e. The summed E-state index contributed by atoms with van der Waals surface area (Å²) >= 11 is 0. The maximum Gasteiger partial charge on any atom is 0.341 e. The maximum atomic E-state index is 12.0. The Hall–Kier alpha value is -0.793. The predicted octanol–water partition coefficient (Wildman–Crippen LogP) is 5.33. The summed E-state index contributed by atoms with van der Waals surface area (Å²) in [6, 6.07) is 1.03. The molecule has 0 bridgehead atoms. The Bertz CT molecular complexity index is 333. The normalized spacial score (nSPS) is 10.8. The first kappa shape index (κ1) is 19.2. The van der Waals surface area contributed by atoms with Crippen LogP contribution < -0.4 is 0 Å². The fraction of sp³-hybridized carbons (Fsp3) is 0.765. The van der Waals surface area contributed by atoms with Crippen LogP contribution in [0.2, 0.25) is 25.7 Å². The molecule has 2 nitrogen and oxygen atoms in total. The first-order valence-electron chi connectivity index (χ1n) is 7.98. The number of ether oxygens (including phenoxy) is 1. The van der Waals surface area contributed by atoms with E-state index in [1.54, 1.807) is 6.08 Å². The van der Waals surface area contributed by atoms with Crippen LogP contribution in [-0.2, 0) is 9.53 Å². The molecule has 0 amide bonds. The van der Waals surface area contributed by atoms with Gasteiger partial charge < -0.3 is 4.74 Å². The molecule has 0 aromatic rings. The molecule has 0 spiro atoms. The highest BCUT2D eigenvalue weighted by Crippen LogP contribution is 2.13. The van der Waals surface area contributed by atoms with E-state index in [1.807, 2.05) is 6.92 Å². The van der Waals surface area contributed by atoms with E-state index in [-0.39, 0.29) is 5.97 Å². The number of hydrogen-bond donors (Lipinski definition) is 0. The van der Waals surface area contributed by atoms with Crippen LogP contribution >= 0.6 is 0 Å². The van der Waals surface area contributed by atoms with Gasteiger partial charge in [-0.05, 0) is 31.9 Å². The maximum absolute atomic E-state index is 12.0. The molecule has 0 aromatic heterocycles. The fourth-order valence-corrected chi connectivity index (χ4v) is 2.56. The van der Waals surface area contributed by atoms with Gasteiger partial charge in [0.2, 0.25) is 0 Å². The minimum Gasteiger partial charge on any atom is -0.462 e. The van der Waals surface area contributed by atoms with Crippen LogP contribution in [0.25, 0.3) is 0 Å². The molecule has 0 rings (SSSR count). The molecule has 116 valence electrons. The van der Waals surface area contributed by atoms with E-state index in [4.69, 9.17) is 4.74 Å². The standard InChI is InChI=1S/C17H32O2Si/c1-6-8-9-10-11-13-16(12-7-2)17(18)19-14-15-20(3,4)5/h7H,6,8-11,13-15H2,1-5H3. The van der Waals surface area contributed by atoms with Gasteiger partial charge in [0.15, 0.2) is 0 Å². The zero-order valence-electron chi connectivity index (χ0n) is 14.1. The summed E-state index contributed by atoms with van der Waals surface area (Å²) in [5, 5.41) is 0. The van der Waals surface area contributed by atoms with Crippen LogP contribution in [0.4, 0.5) is 0 Å². The molecule has 0 unspecified atom stereocenters. The van der Waals surface area contributed by atoms with Gasteiger partial charge >= 0.3 is 5.97 Å². The molecule has 0 atom stereocenters. The van der Waals surface area contributed by atoms with Crippen molar-refractivity contribution in [1.82, 2.24) is 0 Å². The van der Waals surface area contributed by atoms with E-state index in [9.17, 15) is 4.79 Å². The molecule has 0 saturated heterocycles. The third-order valence-electron chi connectivity index (χ3n) is 3.18. The van der Waals surface area contributed by atoms with Gasteiger partial charge in [-0.1, -0.05) is 52.2 Å². The molecule has 0 aliphatic heterocycles. The molecule has 0 radical (unpaired) electrons. The van der Waals surface area contributed by atoms with Gasteiger partial charge in [0.1, 0.15) is 0 Å². The molecule has 3 heteroatoms. The van der Waals surface area contributed by atoms with Crippen LogP contribution in [0, 0.1) is 0 Å². The predicted molar refractivity (Wildman–Crippen MR) is 89.8 cm³/mol. The zero-order valence-corrected chi connectivity index (χ0v) is 15.1. The van der Waals surface area contributed by atoms with Crippen LogP contribution in [0.5, 0.6) is 0 Å². The summed E-state index contributed by atoms with van der Waals surface area (Å²) in [4.78, 5) is 12.0. The lowest BCUT2D eigenvalue weighted by atomic mass is 10.1. The number of hydrogen-bond acceptors (Lipinski definition) is 2. The molecule has 0 aromatic carbocycles. The highest BCUT2D eigenvalue weighted by Gasteiger charge is 2.15. The SMILES string of the molecule is CC=C=C(CCCCCCC)C(=O)OCC[Si](C)(C)C. The first-order chi connectivity index (χ1) is 9.40. The van der Waals surface area contributed by atoms with Crippen LogP contribution in [0.1, 0.15) is 52.4 Å². The third-order valence-corrected chi connectivity index (χ3v) is 4.88. The quantitative estimate of drug-likeness (QED) is 0.179. The van der Waals surface area contributed by atoms with Crippen molar-refractivity contribution in [3.63, 3.8) is 0 Å². The Morgan fingerprint density at radius 2 is 1.80 bits per heavy atom. The molecule has 0 aliphatic carbocycles.